The molecule has 0 bridgehead atoms. The molecule has 1 aliphatic carbocycles. The Hall–Kier alpha value is -2.10. The largest absolute Gasteiger partial charge is 0.480 e. The van der Waals surface area contributed by atoms with Gasteiger partial charge in [0.1, 0.15) is 5.54 Å². The van der Waals surface area contributed by atoms with E-state index >= 15 is 0 Å². The molecule has 4 heteroatoms. The lowest BCUT2D eigenvalue weighted by molar-refractivity contribution is -0.151. The molecule has 0 spiro atoms. The van der Waals surface area contributed by atoms with Crippen molar-refractivity contribution in [1.29, 1.82) is 0 Å². The van der Waals surface area contributed by atoms with E-state index in [1.54, 1.807) is 6.08 Å². The number of hydrogen-bond donors (Lipinski definition) is 2. The van der Waals surface area contributed by atoms with E-state index in [-0.39, 0.29) is 5.91 Å². The summed E-state index contributed by atoms with van der Waals surface area (Å²) in [4.78, 5) is 22.9. The van der Waals surface area contributed by atoms with E-state index in [4.69, 9.17) is 5.11 Å². The fourth-order valence-electron chi connectivity index (χ4n) is 2.14. The highest BCUT2D eigenvalue weighted by Gasteiger charge is 2.45. The van der Waals surface area contributed by atoms with Crippen molar-refractivity contribution in [3.05, 3.63) is 41.5 Å². The number of carboxylic acids is 1. The smallest absolute Gasteiger partial charge is 0.329 e. The molecule has 19 heavy (non-hydrogen) atoms. The summed E-state index contributed by atoms with van der Waals surface area (Å²) < 4.78 is 0. The summed E-state index contributed by atoms with van der Waals surface area (Å²) in [5.74, 6) is -1.30. The molecule has 1 aromatic rings. The van der Waals surface area contributed by atoms with Gasteiger partial charge < -0.3 is 10.4 Å². The van der Waals surface area contributed by atoms with Crippen molar-refractivity contribution in [3.8, 4) is 0 Å². The number of rotatable bonds is 4. The molecular weight excluding hydrogens is 242 g/mol. The second-order valence-corrected chi connectivity index (χ2v) is 4.92. The summed E-state index contributed by atoms with van der Waals surface area (Å²) in [6.45, 7) is 1.96. The van der Waals surface area contributed by atoms with Gasteiger partial charge in [-0.1, -0.05) is 24.3 Å². The van der Waals surface area contributed by atoms with Gasteiger partial charge in [-0.15, -0.1) is 0 Å². The van der Waals surface area contributed by atoms with Crippen LogP contribution in [0, 0.1) is 6.92 Å². The quantitative estimate of drug-likeness (QED) is 0.814. The molecule has 4 nitrogen and oxygen atoms in total. The van der Waals surface area contributed by atoms with Gasteiger partial charge in [-0.05, 0) is 43.4 Å². The lowest BCUT2D eigenvalue weighted by Gasteiger charge is -2.37. The van der Waals surface area contributed by atoms with E-state index < -0.39 is 11.5 Å². The predicted octanol–water partition coefficient (Wildman–Crippen LogP) is 2.13. The van der Waals surface area contributed by atoms with Crippen molar-refractivity contribution in [2.75, 3.05) is 0 Å². The van der Waals surface area contributed by atoms with Gasteiger partial charge in [-0.3, -0.25) is 4.79 Å². The normalized spacial score (nSPS) is 16.9. The van der Waals surface area contributed by atoms with E-state index in [9.17, 15) is 9.59 Å². The van der Waals surface area contributed by atoms with E-state index in [0.717, 1.165) is 17.5 Å². The molecule has 0 aromatic heterocycles. The Labute approximate surface area is 112 Å². The Bertz CT molecular complexity index is 530. The third kappa shape index (κ3) is 2.84. The van der Waals surface area contributed by atoms with Crippen LogP contribution < -0.4 is 5.32 Å². The van der Waals surface area contributed by atoms with Crippen molar-refractivity contribution in [2.24, 2.45) is 0 Å². The zero-order valence-electron chi connectivity index (χ0n) is 10.8. The molecule has 0 aliphatic heterocycles. The van der Waals surface area contributed by atoms with Crippen molar-refractivity contribution in [2.45, 2.75) is 31.7 Å². The standard InChI is InChI=1S/C15H17NO3/c1-11-5-2-3-6-12(11)7-8-13(17)16-15(14(18)19)9-4-10-15/h2-3,5-8H,4,9-10H2,1H3,(H,16,17)(H,18,19)/b8-7+. The van der Waals surface area contributed by atoms with Gasteiger partial charge in [-0.25, -0.2) is 4.79 Å². The molecule has 0 radical (unpaired) electrons. The van der Waals surface area contributed by atoms with Crippen molar-refractivity contribution < 1.29 is 14.7 Å². The van der Waals surface area contributed by atoms with E-state index in [1.807, 2.05) is 31.2 Å². The molecule has 1 aromatic carbocycles. The number of carboxylic acid groups (broad SMARTS) is 1. The van der Waals surface area contributed by atoms with Crippen LogP contribution in [-0.2, 0) is 9.59 Å². The Kier molecular flexibility index (Phi) is 3.69. The SMILES string of the molecule is Cc1ccccc1/C=C/C(=O)NC1(C(=O)O)CCC1. The number of nitrogens with one attached hydrogen (secondary N) is 1. The average molecular weight is 259 g/mol. The highest BCUT2D eigenvalue weighted by Crippen LogP contribution is 2.31. The maximum absolute atomic E-state index is 11.8. The maximum atomic E-state index is 11.8. The molecular formula is C15H17NO3. The molecule has 0 saturated heterocycles. The molecule has 2 N–H and O–H groups in total. The molecule has 1 fully saturated rings. The minimum Gasteiger partial charge on any atom is -0.480 e. The second-order valence-electron chi connectivity index (χ2n) is 4.92. The molecule has 100 valence electrons. The van der Waals surface area contributed by atoms with Gasteiger partial charge >= 0.3 is 5.97 Å². The number of aliphatic carboxylic acids is 1. The molecule has 1 aliphatic rings. The van der Waals surface area contributed by atoms with Crippen LogP contribution in [0.3, 0.4) is 0 Å². The molecule has 1 saturated carbocycles. The van der Waals surface area contributed by atoms with E-state index in [0.29, 0.717) is 12.8 Å². The van der Waals surface area contributed by atoms with Gasteiger partial charge in [0, 0.05) is 6.08 Å². The Morgan fingerprint density at radius 1 is 1.32 bits per heavy atom. The number of benzene rings is 1. The summed E-state index contributed by atoms with van der Waals surface area (Å²) in [7, 11) is 0. The van der Waals surface area contributed by atoms with Crippen LogP contribution >= 0.6 is 0 Å². The monoisotopic (exact) mass is 259 g/mol. The first-order chi connectivity index (χ1) is 9.03. The van der Waals surface area contributed by atoms with Gasteiger partial charge in [0.15, 0.2) is 0 Å². The first kappa shape index (κ1) is 13.3. The molecule has 0 unspecified atom stereocenters. The molecule has 0 heterocycles. The van der Waals surface area contributed by atoms with Crippen LogP contribution in [0.25, 0.3) is 6.08 Å². The minimum atomic E-state index is -1.05. The molecule has 0 atom stereocenters. The summed E-state index contributed by atoms with van der Waals surface area (Å²) in [6, 6.07) is 7.70. The Balaban J connectivity index is 2.02. The fraction of sp³-hybridized carbons (Fsp3) is 0.333. The number of amides is 1. The zero-order valence-corrected chi connectivity index (χ0v) is 10.8. The van der Waals surface area contributed by atoms with Crippen LogP contribution in [0.4, 0.5) is 0 Å². The van der Waals surface area contributed by atoms with Crippen LogP contribution in [0.2, 0.25) is 0 Å². The van der Waals surface area contributed by atoms with Crippen LogP contribution in [-0.4, -0.2) is 22.5 Å². The first-order valence-electron chi connectivity index (χ1n) is 6.33. The van der Waals surface area contributed by atoms with Gasteiger partial charge in [-0.2, -0.15) is 0 Å². The third-order valence-electron chi connectivity index (χ3n) is 3.58. The number of carbonyl (C=O) groups excluding carboxylic acids is 1. The maximum Gasteiger partial charge on any atom is 0.329 e. The highest BCUT2D eigenvalue weighted by atomic mass is 16.4. The predicted molar refractivity (Wildman–Crippen MR) is 72.6 cm³/mol. The molecule has 2 rings (SSSR count). The lowest BCUT2D eigenvalue weighted by Crippen LogP contribution is -2.58. The van der Waals surface area contributed by atoms with Crippen molar-refractivity contribution in [1.82, 2.24) is 5.32 Å². The highest BCUT2D eigenvalue weighted by molar-refractivity contribution is 5.96. The van der Waals surface area contributed by atoms with E-state index in [2.05, 4.69) is 5.32 Å². The van der Waals surface area contributed by atoms with Crippen LogP contribution in [0.5, 0.6) is 0 Å². The summed E-state index contributed by atoms with van der Waals surface area (Å²) in [5, 5.41) is 11.7. The van der Waals surface area contributed by atoms with Gasteiger partial charge in [0.25, 0.3) is 0 Å². The lowest BCUT2D eigenvalue weighted by atomic mass is 9.77. The summed E-state index contributed by atoms with van der Waals surface area (Å²) in [5.41, 5.74) is 0.978. The van der Waals surface area contributed by atoms with Gasteiger partial charge in [0.2, 0.25) is 5.91 Å². The van der Waals surface area contributed by atoms with E-state index in [1.165, 1.54) is 6.08 Å². The minimum absolute atomic E-state index is 0.356. The van der Waals surface area contributed by atoms with Gasteiger partial charge in [0.05, 0.1) is 0 Å². The number of aryl methyl sites for hydroxylation is 1. The van der Waals surface area contributed by atoms with Crippen molar-refractivity contribution >= 4 is 18.0 Å². The number of hydrogen-bond acceptors (Lipinski definition) is 2. The Morgan fingerprint density at radius 2 is 2.00 bits per heavy atom. The summed E-state index contributed by atoms with van der Waals surface area (Å²) >= 11 is 0. The molecule has 1 amide bonds. The summed E-state index contributed by atoms with van der Waals surface area (Å²) in [6.07, 6.45) is 4.96. The fourth-order valence-corrected chi connectivity index (χ4v) is 2.14. The number of carbonyl (C=O) groups is 2. The second kappa shape index (κ2) is 5.26. The van der Waals surface area contributed by atoms with Crippen LogP contribution in [0.15, 0.2) is 30.3 Å². The zero-order chi connectivity index (χ0) is 13.9. The average Bonchev–Trinajstić information content (AvgIpc) is 2.32. The van der Waals surface area contributed by atoms with Crippen molar-refractivity contribution in [3.63, 3.8) is 0 Å². The first-order valence-corrected chi connectivity index (χ1v) is 6.33. The topological polar surface area (TPSA) is 66.4 Å². The van der Waals surface area contributed by atoms with Crippen LogP contribution in [0.1, 0.15) is 30.4 Å². The third-order valence-corrected chi connectivity index (χ3v) is 3.58. The Morgan fingerprint density at radius 3 is 2.53 bits per heavy atom.